The van der Waals surface area contributed by atoms with Gasteiger partial charge in [-0.1, -0.05) is 20.8 Å². The van der Waals surface area contributed by atoms with Crippen LogP contribution in [-0.2, 0) is 16.6 Å². The van der Waals surface area contributed by atoms with Crippen LogP contribution in [0.15, 0.2) is 5.38 Å². The molecule has 0 spiro atoms. The lowest BCUT2D eigenvalue weighted by Crippen LogP contribution is -2.43. The Labute approximate surface area is 128 Å². The fourth-order valence-electron chi connectivity index (χ4n) is 1.96. The SMILES string of the molecule is CC(C)(C)c1nc(CC(=O)NCC2(O)CCSC2)cs1. The van der Waals surface area contributed by atoms with Gasteiger partial charge in [-0.25, -0.2) is 4.98 Å². The molecule has 1 saturated heterocycles. The van der Waals surface area contributed by atoms with Crippen molar-refractivity contribution in [3.8, 4) is 0 Å². The zero-order chi connectivity index (χ0) is 14.8. The number of aromatic nitrogens is 1. The van der Waals surface area contributed by atoms with Gasteiger partial charge in [-0.3, -0.25) is 4.79 Å². The van der Waals surface area contributed by atoms with Crippen molar-refractivity contribution in [2.75, 3.05) is 18.1 Å². The van der Waals surface area contributed by atoms with Crippen molar-refractivity contribution in [1.82, 2.24) is 10.3 Å². The molecule has 1 fully saturated rings. The van der Waals surface area contributed by atoms with Crippen molar-refractivity contribution in [2.24, 2.45) is 0 Å². The van der Waals surface area contributed by atoms with E-state index >= 15 is 0 Å². The molecular weight excluding hydrogens is 292 g/mol. The number of thiazole rings is 1. The predicted molar refractivity (Wildman–Crippen MR) is 84.4 cm³/mol. The number of nitrogens with one attached hydrogen (secondary N) is 1. The van der Waals surface area contributed by atoms with Gasteiger partial charge >= 0.3 is 0 Å². The first-order valence-corrected chi connectivity index (χ1v) is 8.84. The van der Waals surface area contributed by atoms with E-state index in [1.165, 1.54) is 0 Å². The number of aliphatic hydroxyl groups is 1. The smallest absolute Gasteiger partial charge is 0.226 e. The lowest BCUT2D eigenvalue weighted by molar-refractivity contribution is -0.121. The van der Waals surface area contributed by atoms with E-state index in [0.29, 0.717) is 12.3 Å². The van der Waals surface area contributed by atoms with Crippen LogP contribution in [-0.4, -0.2) is 39.6 Å². The maximum Gasteiger partial charge on any atom is 0.226 e. The first kappa shape index (κ1) is 15.8. The second-order valence-corrected chi connectivity index (χ2v) is 8.34. The highest BCUT2D eigenvalue weighted by atomic mass is 32.2. The molecule has 1 amide bonds. The van der Waals surface area contributed by atoms with Crippen LogP contribution in [0.4, 0.5) is 0 Å². The quantitative estimate of drug-likeness (QED) is 0.892. The number of carbonyl (C=O) groups is 1. The van der Waals surface area contributed by atoms with Crippen LogP contribution >= 0.6 is 23.1 Å². The summed E-state index contributed by atoms with van der Waals surface area (Å²) in [4.78, 5) is 16.4. The molecule has 112 valence electrons. The van der Waals surface area contributed by atoms with Gasteiger partial charge in [0.2, 0.25) is 5.91 Å². The van der Waals surface area contributed by atoms with Gasteiger partial charge in [0.1, 0.15) is 0 Å². The summed E-state index contributed by atoms with van der Waals surface area (Å²) in [5.74, 6) is 1.60. The van der Waals surface area contributed by atoms with E-state index in [2.05, 4.69) is 31.1 Å². The van der Waals surface area contributed by atoms with Gasteiger partial charge in [-0.15, -0.1) is 11.3 Å². The molecule has 1 aromatic rings. The maximum atomic E-state index is 11.9. The number of rotatable bonds is 4. The van der Waals surface area contributed by atoms with Crippen molar-refractivity contribution in [2.45, 2.75) is 44.6 Å². The zero-order valence-electron chi connectivity index (χ0n) is 12.2. The van der Waals surface area contributed by atoms with Crippen molar-refractivity contribution < 1.29 is 9.90 Å². The molecule has 0 bridgehead atoms. The second kappa shape index (κ2) is 6.03. The molecule has 0 aliphatic carbocycles. The van der Waals surface area contributed by atoms with E-state index in [4.69, 9.17) is 0 Å². The molecule has 4 nitrogen and oxygen atoms in total. The summed E-state index contributed by atoms with van der Waals surface area (Å²) in [6.45, 7) is 6.68. The molecule has 20 heavy (non-hydrogen) atoms. The number of amides is 1. The number of hydrogen-bond acceptors (Lipinski definition) is 5. The van der Waals surface area contributed by atoms with Crippen molar-refractivity contribution in [3.05, 3.63) is 16.1 Å². The van der Waals surface area contributed by atoms with Gasteiger partial charge < -0.3 is 10.4 Å². The van der Waals surface area contributed by atoms with E-state index in [1.807, 2.05) is 5.38 Å². The molecular formula is C14H22N2O2S2. The number of hydrogen-bond donors (Lipinski definition) is 2. The maximum absolute atomic E-state index is 11.9. The van der Waals surface area contributed by atoms with Crippen molar-refractivity contribution in [3.63, 3.8) is 0 Å². The minimum atomic E-state index is -0.723. The lowest BCUT2D eigenvalue weighted by Gasteiger charge is -2.21. The average Bonchev–Trinajstić information content (AvgIpc) is 2.96. The molecule has 6 heteroatoms. The Bertz CT molecular complexity index is 474. The molecule has 0 saturated carbocycles. The zero-order valence-corrected chi connectivity index (χ0v) is 13.9. The Morgan fingerprint density at radius 1 is 1.55 bits per heavy atom. The van der Waals surface area contributed by atoms with Crippen molar-refractivity contribution >= 4 is 29.0 Å². The molecule has 1 aliphatic rings. The van der Waals surface area contributed by atoms with E-state index in [1.54, 1.807) is 23.1 Å². The van der Waals surface area contributed by atoms with Crippen LogP contribution in [0.25, 0.3) is 0 Å². The molecule has 2 rings (SSSR count). The Balaban J connectivity index is 1.84. The topological polar surface area (TPSA) is 62.2 Å². The summed E-state index contributed by atoms with van der Waals surface area (Å²) in [6, 6.07) is 0. The van der Waals surface area contributed by atoms with E-state index in [9.17, 15) is 9.90 Å². The molecule has 1 unspecified atom stereocenters. The van der Waals surface area contributed by atoms with Crippen LogP contribution < -0.4 is 5.32 Å². The highest BCUT2D eigenvalue weighted by molar-refractivity contribution is 7.99. The van der Waals surface area contributed by atoms with Gasteiger partial charge in [-0.05, 0) is 12.2 Å². The molecule has 0 radical (unpaired) electrons. The minimum Gasteiger partial charge on any atom is -0.387 e. The molecule has 2 heterocycles. The molecule has 2 N–H and O–H groups in total. The fraction of sp³-hybridized carbons (Fsp3) is 0.714. The highest BCUT2D eigenvalue weighted by Gasteiger charge is 2.32. The summed E-state index contributed by atoms with van der Waals surface area (Å²) in [5, 5.41) is 16.0. The minimum absolute atomic E-state index is 0.0234. The summed E-state index contributed by atoms with van der Waals surface area (Å²) in [5.41, 5.74) is 0.111. The summed E-state index contributed by atoms with van der Waals surface area (Å²) in [7, 11) is 0. The Kier molecular flexibility index (Phi) is 4.76. The Morgan fingerprint density at radius 2 is 2.30 bits per heavy atom. The summed E-state index contributed by atoms with van der Waals surface area (Å²) >= 11 is 3.33. The van der Waals surface area contributed by atoms with Gasteiger partial charge in [0, 0.05) is 23.1 Å². The van der Waals surface area contributed by atoms with E-state index in [0.717, 1.165) is 22.9 Å². The molecule has 1 aliphatic heterocycles. The molecule has 1 aromatic heterocycles. The Morgan fingerprint density at radius 3 is 2.85 bits per heavy atom. The van der Waals surface area contributed by atoms with Gasteiger partial charge in [0.15, 0.2) is 0 Å². The standard InChI is InChI=1S/C14H22N2O2S2/c1-13(2,3)12-16-10(7-20-12)6-11(17)15-8-14(18)4-5-19-9-14/h7,18H,4-6,8-9H2,1-3H3,(H,15,17). The third kappa shape index (κ3) is 4.20. The van der Waals surface area contributed by atoms with Crippen LogP contribution in [0.2, 0.25) is 0 Å². The normalized spacial score (nSPS) is 23.0. The third-order valence-corrected chi connectivity index (χ3v) is 5.78. The van der Waals surface area contributed by atoms with Gasteiger partial charge in [0.25, 0.3) is 0 Å². The molecule has 0 aromatic carbocycles. The summed E-state index contributed by atoms with van der Waals surface area (Å²) in [6.07, 6.45) is 1.04. The highest BCUT2D eigenvalue weighted by Crippen LogP contribution is 2.27. The van der Waals surface area contributed by atoms with Gasteiger partial charge in [-0.2, -0.15) is 11.8 Å². The largest absolute Gasteiger partial charge is 0.387 e. The van der Waals surface area contributed by atoms with Crippen LogP contribution in [0.1, 0.15) is 37.9 Å². The number of thioether (sulfide) groups is 1. The third-order valence-electron chi connectivity index (χ3n) is 3.23. The van der Waals surface area contributed by atoms with Crippen LogP contribution in [0.5, 0.6) is 0 Å². The first-order chi connectivity index (χ1) is 9.28. The monoisotopic (exact) mass is 314 g/mol. The van der Waals surface area contributed by atoms with Crippen molar-refractivity contribution in [1.29, 1.82) is 0 Å². The number of nitrogens with zero attached hydrogens (tertiary/aromatic N) is 1. The predicted octanol–water partition coefficient (Wildman–Crippen LogP) is 1.97. The van der Waals surface area contributed by atoms with Crippen LogP contribution in [0.3, 0.4) is 0 Å². The number of carbonyl (C=O) groups excluding carboxylic acids is 1. The lowest BCUT2D eigenvalue weighted by atomic mass is 9.98. The van der Waals surface area contributed by atoms with E-state index < -0.39 is 5.60 Å². The van der Waals surface area contributed by atoms with E-state index in [-0.39, 0.29) is 17.7 Å². The second-order valence-electron chi connectivity index (χ2n) is 6.37. The fourth-order valence-corrected chi connectivity index (χ4v) is 4.16. The Hall–Kier alpha value is -0.590. The van der Waals surface area contributed by atoms with Gasteiger partial charge in [0.05, 0.1) is 22.7 Å². The first-order valence-electron chi connectivity index (χ1n) is 6.80. The average molecular weight is 314 g/mol. The molecule has 1 atom stereocenters. The van der Waals surface area contributed by atoms with Crippen LogP contribution in [0, 0.1) is 0 Å². The summed E-state index contributed by atoms with van der Waals surface area (Å²) < 4.78 is 0.